The molecule has 0 radical (unpaired) electrons. The van der Waals surface area contributed by atoms with Gasteiger partial charge in [0, 0.05) is 17.8 Å². The minimum absolute atomic E-state index is 0.0454. The van der Waals surface area contributed by atoms with E-state index in [1.54, 1.807) is 11.6 Å². The number of thiazole rings is 1. The third kappa shape index (κ3) is 3.07. The molecule has 0 spiro atoms. The number of carbonyl (C=O) groups is 1. The van der Waals surface area contributed by atoms with Gasteiger partial charge in [0.15, 0.2) is 16.8 Å². The highest BCUT2D eigenvalue weighted by Crippen LogP contribution is 2.23. The van der Waals surface area contributed by atoms with Crippen molar-refractivity contribution >= 4 is 22.4 Å². The number of rotatable bonds is 4. The third-order valence-electron chi connectivity index (χ3n) is 3.47. The van der Waals surface area contributed by atoms with Crippen molar-refractivity contribution in [3.05, 3.63) is 71.9 Å². The Balaban J connectivity index is 1.58. The number of nitrogens with one attached hydrogen (secondary N) is 1. The summed E-state index contributed by atoms with van der Waals surface area (Å²) < 4.78 is 15.1. The maximum Gasteiger partial charge on any atom is 0.276 e. The number of pyridine rings is 2. The molecule has 1 amide bonds. The summed E-state index contributed by atoms with van der Waals surface area (Å²) in [6.07, 6.45) is 4.51. The first kappa shape index (κ1) is 16.0. The van der Waals surface area contributed by atoms with Crippen LogP contribution < -0.4 is 5.32 Å². The van der Waals surface area contributed by atoms with Crippen molar-refractivity contribution < 1.29 is 9.18 Å². The van der Waals surface area contributed by atoms with Gasteiger partial charge in [-0.15, -0.1) is 11.3 Å². The molecule has 128 valence electrons. The summed E-state index contributed by atoms with van der Waals surface area (Å²) in [7, 11) is 0. The van der Waals surface area contributed by atoms with Gasteiger partial charge in [-0.2, -0.15) is 5.10 Å². The molecular formula is C17H11FN6OS. The van der Waals surface area contributed by atoms with E-state index in [0.29, 0.717) is 16.5 Å². The maximum atomic E-state index is 13.9. The number of hydrogen-bond acceptors (Lipinski definition) is 6. The fourth-order valence-electron chi connectivity index (χ4n) is 2.30. The summed E-state index contributed by atoms with van der Waals surface area (Å²) in [4.78, 5) is 25.1. The highest BCUT2D eigenvalue weighted by Gasteiger charge is 2.18. The lowest BCUT2D eigenvalue weighted by atomic mass is 10.3. The molecule has 4 aromatic heterocycles. The average Bonchev–Trinajstić information content (AvgIpc) is 3.32. The molecular weight excluding hydrogens is 355 g/mol. The molecule has 0 fully saturated rings. The number of hydrogen-bond donors (Lipinski definition) is 1. The van der Waals surface area contributed by atoms with E-state index in [0.717, 1.165) is 4.68 Å². The van der Waals surface area contributed by atoms with Crippen molar-refractivity contribution in [3.8, 4) is 17.2 Å². The van der Waals surface area contributed by atoms with Crippen LogP contribution in [0.5, 0.6) is 0 Å². The molecule has 0 aliphatic heterocycles. The number of nitrogens with zero attached hydrogens (tertiary/aromatic N) is 5. The van der Waals surface area contributed by atoms with E-state index in [-0.39, 0.29) is 11.5 Å². The monoisotopic (exact) mass is 366 g/mol. The van der Waals surface area contributed by atoms with Gasteiger partial charge >= 0.3 is 0 Å². The summed E-state index contributed by atoms with van der Waals surface area (Å²) in [5.74, 6) is -1.08. The van der Waals surface area contributed by atoms with E-state index in [1.165, 1.54) is 41.9 Å². The highest BCUT2D eigenvalue weighted by molar-refractivity contribution is 7.14. The molecule has 4 rings (SSSR count). The van der Waals surface area contributed by atoms with Crippen LogP contribution >= 0.6 is 11.3 Å². The zero-order chi connectivity index (χ0) is 17.9. The molecule has 0 bridgehead atoms. The van der Waals surface area contributed by atoms with Gasteiger partial charge in [-0.25, -0.2) is 19.0 Å². The van der Waals surface area contributed by atoms with Gasteiger partial charge in [0.05, 0.1) is 11.9 Å². The van der Waals surface area contributed by atoms with Crippen LogP contribution in [0.3, 0.4) is 0 Å². The molecule has 4 aromatic rings. The largest absolute Gasteiger partial charge is 0.296 e. The van der Waals surface area contributed by atoms with Crippen LogP contribution in [0.15, 0.2) is 60.4 Å². The van der Waals surface area contributed by atoms with E-state index < -0.39 is 11.7 Å². The van der Waals surface area contributed by atoms with E-state index in [2.05, 4.69) is 25.4 Å². The second kappa shape index (κ2) is 6.81. The van der Waals surface area contributed by atoms with Crippen LogP contribution in [0.1, 0.15) is 10.5 Å². The molecule has 9 heteroatoms. The quantitative estimate of drug-likeness (QED) is 0.600. The topological polar surface area (TPSA) is 85.6 Å². The summed E-state index contributed by atoms with van der Waals surface area (Å²) in [6, 6.07) is 9.72. The SMILES string of the molecule is O=C(Nc1nc(-c2ccccn2)cs1)c1ccnn1-c1ncccc1F. The lowest BCUT2D eigenvalue weighted by Gasteiger charge is -2.06. The predicted molar refractivity (Wildman–Crippen MR) is 94.6 cm³/mol. The Hall–Kier alpha value is -3.46. The Bertz CT molecular complexity index is 1060. The van der Waals surface area contributed by atoms with Crippen LogP contribution in [0.4, 0.5) is 9.52 Å². The Labute approximate surface area is 151 Å². The zero-order valence-electron chi connectivity index (χ0n) is 13.2. The smallest absolute Gasteiger partial charge is 0.276 e. The second-order valence-electron chi connectivity index (χ2n) is 5.14. The van der Waals surface area contributed by atoms with Gasteiger partial charge in [0.2, 0.25) is 0 Å². The summed E-state index contributed by atoms with van der Waals surface area (Å²) in [5, 5.41) is 8.89. The van der Waals surface area contributed by atoms with Gasteiger partial charge in [0.1, 0.15) is 11.4 Å². The fourth-order valence-corrected chi connectivity index (χ4v) is 3.00. The van der Waals surface area contributed by atoms with E-state index in [1.807, 2.05) is 18.2 Å². The molecule has 0 aliphatic carbocycles. The Morgan fingerprint density at radius 2 is 1.92 bits per heavy atom. The first-order valence-electron chi connectivity index (χ1n) is 7.55. The van der Waals surface area contributed by atoms with Crippen LogP contribution in [0, 0.1) is 5.82 Å². The summed E-state index contributed by atoms with van der Waals surface area (Å²) in [5.41, 5.74) is 1.53. The summed E-state index contributed by atoms with van der Waals surface area (Å²) >= 11 is 1.27. The number of anilines is 1. The number of carbonyl (C=O) groups excluding carboxylic acids is 1. The first-order valence-corrected chi connectivity index (χ1v) is 8.43. The standard InChI is InChI=1S/C17H11FN6OS/c18-11-4-3-8-20-15(11)24-14(6-9-21-24)16(25)23-17-22-13(10-26-17)12-5-1-2-7-19-12/h1-10H,(H,22,23,25). The Morgan fingerprint density at radius 3 is 2.73 bits per heavy atom. The number of halogens is 1. The van der Waals surface area contributed by atoms with Gasteiger partial charge < -0.3 is 0 Å². The molecule has 0 unspecified atom stereocenters. The summed E-state index contributed by atoms with van der Waals surface area (Å²) in [6.45, 7) is 0. The highest BCUT2D eigenvalue weighted by atomic mass is 32.1. The molecule has 7 nitrogen and oxygen atoms in total. The second-order valence-corrected chi connectivity index (χ2v) is 6.00. The number of amides is 1. The Morgan fingerprint density at radius 1 is 1.04 bits per heavy atom. The lowest BCUT2D eigenvalue weighted by Crippen LogP contribution is -2.18. The van der Waals surface area contributed by atoms with Crippen molar-refractivity contribution in [2.45, 2.75) is 0 Å². The van der Waals surface area contributed by atoms with Crippen molar-refractivity contribution in [3.63, 3.8) is 0 Å². The van der Waals surface area contributed by atoms with Crippen molar-refractivity contribution in [1.29, 1.82) is 0 Å². The van der Waals surface area contributed by atoms with Gasteiger partial charge in [-0.3, -0.25) is 15.1 Å². The first-order chi connectivity index (χ1) is 12.7. The van der Waals surface area contributed by atoms with E-state index >= 15 is 0 Å². The predicted octanol–water partition coefficient (Wildman–Crippen LogP) is 3.18. The lowest BCUT2D eigenvalue weighted by molar-refractivity contribution is 0.101. The Kier molecular flexibility index (Phi) is 4.20. The van der Waals surface area contributed by atoms with Gasteiger partial charge in [0.25, 0.3) is 5.91 Å². The molecule has 4 heterocycles. The molecule has 1 N–H and O–H groups in total. The van der Waals surface area contributed by atoms with Crippen LogP contribution in [0.2, 0.25) is 0 Å². The molecule has 0 saturated carbocycles. The van der Waals surface area contributed by atoms with Crippen molar-refractivity contribution in [2.75, 3.05) is 5.32 Å². The van der Waals surface area contributed by atoms with Gasteiger partial charge in [-0.1, -0.05) is 6.07 Å². The van der Waals surface area contributed by atoms with E-state index in [9.17, 15) is 9.18 Å². The van der Waals surface area contributed by atoms with Crippen LogP contribution in [-0.2, 0) is 0 Å². The molecule has 0 atom stereocenters. The molecule has 0 aromatic carbocycles. The molecule has 26 heavy (non-hydrogen) atoms. The average molecular weight is 366 g/mol. The van der Waals surface area contributed by atoms with E-state index in [4.69, 9.17) is 0 Å². The minimum atomic E-state index is -0.572. The van der Waals surface area contributed by atoms with Crippen LogP contribution in [-0.4, -0.2) is 30.6 Å². The minimum Gasteiger partial charge on any atom is -0.296 e. The maximum absolute atomic E-state index is 13.9. The van der Waals surface area contributed by atoms with Gasteiger partial charge in [-0.05, 0) is 30.3 Å². The molecule has 0 saturated heterocycles. The normalized spacial score (nSPS) is 10.7. The third-order valence-corrected chi connectivity index (χ3v) is 4.22. The number of aromatic nitrogens is 5. The van der Waals surface area contributed by atoms with Crippen molar-refractivity contribution in [1.82, 2.24) is 24.7 Å². The van der Waals surface area contributed by atoms with Crippen LogP contribution in [0.25, 0.3) is 17.2 Å². The van der Waals surface area contributed by atoms with Crippen molar-refractivity contribution in [2.24, 2.45) is 0 Å². The zero-order valence-corrected chi connectivity index (χ0v) is 14.0. The fraction of sp³-hybridized carbons (Fsp3) is 0. The molecule has 0 aliphatic rings.